The van der Waals surface area contributed by atoms with Gasteiger partial charge in [0, 0.05) is 52.7 Å². The van der Waals surface area contributed by atoms with Gasteiger partial charge in [-0.1, -0.05) is 36.4 Å². The van der Waals surface area contributed by atoms with Crippen molar-refractivity contribution in [2.75, 3.05) is 45.8 Å². The molecule has 3 rings (SSSR count). The number of benzene rings is 1. The highest BCUT2D eigenvalue weighted by Crippen LogP contribution is 2.31. The van der Waals surface area contributed by atoms with Gasteiger partial charge in [0.05, 0.1) is 5.92 Å². The Kier molecular flexibility index (Phi) is 6.09. The van der Waals surface area contributed by atoms with Crippen LogP contribution in [-0.4, -0.2) is 72.3 Å². The summed E-state index contributed by atoms with van der Waals surface area (Å²) >= 11 is 0. The number of piperazine rings is 1. The summed E-state index contributed by atoms with van der Waals surface area (Å²) in [7, 11) is 0. The van der Waals surface area contributed by atoms with Gasteiger partial charge in [0.25, 0.3) is 0 Å². The molecule has 0 N–H and O–H groups in total. The predicted octanol–water partition coefficient (Wildman–Crippen LogP) is 1.97. The monoisotopic (exact) mass is 355 g/mol. The van der Waals surface area contributed by atoms with Crippen molar-refractivity contribution in [2.24, 2.45) is 5.92 Å². The lowest BCUT2D eigenvalue weighted by Crippen LogP contribution is -2.54. The summed E-state index contributed by atoms with van der Waals surface area (Å²) in [5.74, 6) is 0.717. The SMILES string of the molecule is C=CCN1CC(C(=O)N2CCN(C(C)=O)CC2)CC(c2ccccc2)C1. The fourth-order valence-corrected chi connectivity index (χ4v) is 4.17. The van der Waals surface area contributed by atoms with Gasteiger partial charge in [-0.25, -0.2) is 0 Å². The van der Waals surface area contributed by atoms with Crippen molar-refractivity contribution in [1.29, 1.82) is 0 Å². The van der Waals surface area contributed by atoms with Crippen LogP contribution in [0.1, 0.15) is 24.8 Å². The first-order valence-corrected chi connectivity index (χ1v) is 9.51. The lowest BCUT2D eigenvalue weighted by molar-refractivity contribution is -0.142. The van der Waals surface area contributed by atoms with E-state index < -0.39 is 0 Å². The molecule has 2 unspecified atom stereocenters. The van der Waals surface area contributed by atoms with Gasteiger partial charge in [0.15, 0.2) is 0 Å². The molecule has 2 fully saturated rings. The summed E-state index contributed by atoms with van der Waals surface area (Å²) in [5, 5.41) is 0. The molecule has 2 heterocycles. The van der Waals surface area contributed by atoms with Gasteiger partial charge in [-0.05, 0) is 17.9 Å². The van der Waals surface area contributed by atoms with Crippen molar-refractivity contribution >= 4 is 11.8 Å². The number of nitrogens with zero attached hydrogens (tertiary/aromatic N) is 3. The quantitative estimate of drug-likeness (QED) is 0.776. The van der Waals surface area contributed by atoms with Gasteiger partial charge < -0.3 is 9.80 Å². The Balaban J connectivity index is 1.68. The molecule has 0 aromatic heterocycles. The second kappa shape index (κ2) is 8.49. The minimum Gasteiger partial charge on any atom is -0.339 e. The number of rotatable bonds is 4. The van der Waals surface area contributed by atoms with Crippen LogP contribution in [0.25, 0.3) is 0 Å². The van der Waals surface area contributed by atoms with E-state index in [2.05, 4.69) is 35.7 Å². The number of hydrogen-bond donors (Lipinski definition) is 0. The van der Waals surface area contributed by atoms with E-state index in [1.165, 1.54) is 5.56 Å². The standard InChI is InChI=1S/C21H29N3O2/c1-3-9-22-15-19(18-7-5-4-6-8-18)14-20(16-22)21(26)24-12-10-23(11-13-24)17(2)25/h3-8,19-20H,1,9-16H2,2H3. The molecule has 0 radical (unpaired) electrons. The van der Waals surface area contributed by atoms with Crippen molar-refractivity contribution in [2.45, 2.75) is 19.3 Å². The molecule has 1 aromatic rings. The highest BCUT2D eigenvalue weighted by Gasteiger charge is 2.35. The highest BCUT2D eigenvalue weighted by molar-refractivity contribution is 5.80. The molecule has 0 bridgehead atoms. The van der Waals surface area contributed by atoms with Gasteiger partial charge in [-0.2, -0.15) is 0 Å². The number of carbonyl (C=O) groups is 2. The molecule has 5 nitrogen and oxygen atoms in total. The molecule has 2 atom stereocenters. The first-order valence-electron chi connectivity index (χ1n) is 9.51. The molecular formula is C21H29N3O2. The maximum Gasteiger partial charge on any atom is 0.227 e. The van der Waals surface area contributed by atoms with E-state index in [1.807, 2.05) is 21.9 Å². The molecule has 2 aliphatic heterocycles. The minimum absolute atomic E-state index is 0.0118. The van der Waals surface area contributed by atoms with E-state index in [1.54, 1.807) is 6.92 Å². The van der Waals surface area contributed by atoms with Gasteiger partial charge in [0.1, 0.15) is 0 Å². The topological polar surface area (TPSA) is 43.9 Å². The highest BCUT2D eigenvalue weighted by atomic mass is 16.2. The zero-order chi connectivity index (χ0) is 18.5. The number of hydrogen-bond acceptors (Lipinski definition) is 3. The second-order valence-corrected chi connectivity index (χ2v) is 7.38. The normalized spacial score (nSPS) is 24.3. The molecular weight excluding hydrogens is 326 g/mol. The van der Waals surface area contributed by atoms with Crippen LogP contribution in [-0.2, 0) is 9.59 Å². The van der Waals surface area contributed by atoms with Gasteiger partial charge in [-0.15, -0.1) is 6.58 Å². The Hall–Kier alpha value is -2.14. The lowest BCUT2D eigenvalue weighted by Gasteiger charge is -2.41. The predicted molar refractivity (Wildman–Crippen MR) is 103 cm³/mol. The minimum atomic E-state index is 0.0118. The van der Waals surface area contributed by atoms with Crippen molar-refractivity contribution in [3.8, 4) is 0 Å². The molecule has 2 saturated heterocycles. The van der Waals surface area contributed by atoms with Gasteiger partial charge in [0.2, 0.25) is 11.8 Å². The average Bonchev–Trinajstić information content (AvgIpc) is 2.68. The first-order chi connectivity index (χ1) is 12.6. The molecule has 26 heavy (non-hydrogen) atoms. The van der Waals surface area contributed by atoms with Gasteiger partial charge in [-0.3, -0.25) is 14.5 Å². The summed E-state index contributed by atoms with van der Waals surface area (Å²) in [6, 6.07) is 10.5. The van der Waals surface area contributed by atoms with Crippen LogP contribution in [0.3, 0.4) is 0 Å². The number of amides is 2. The number of piperidine rings is 1. The van der Waals surface area contributed by atoms with Crippen molar-refractivity contribution < 1.29 is 9.59 Å². The van der Waals surface area contributed by atoms with E-state index in [0.29, 0.717) is 32.1 Å². The van der Waals surface area contributed by atoms with Crippen LogP contribution < -0.4 is 0 Å². The Labute approximate surface area is 156 Å². The third kappa shape index (κ3) is 4.33. The van der Waals surface area contributed by atoms with Crippen molar-refractivity contribution in [3.63, 3.8) is 0 Å². The maximum absolute atomic E-state index is 13.1. The zero-order valence-electron chi connectivity index (χ0n) is 15.6. The molecule has 5 heteroatoms. The largest absolute Gasteiger partial charge is 0.339 e. The van der Waals surface area contributed by atoms with E-state index in [-0.39, 0.29) is 17.7 Å². The summed E-state index contributed by atoms with van der Waals surface area (Å²) in [5.41, 5.74) is 1.31. The molecule has 2 amide bonds. The summed E-state index contributed by atoms with van der Waals surface area (Å²) < 4.78 is 0. The smallest absolute Gasteiger partial charge is 0.227 e. The molecule has 1 aromatic carbocycles. The van der Waals surface area contributed by atoms with Gasteiger partial charge >= 0.3 is 0 Å². The lowest BCUT2D eigenvalue weighted by atomic mass is 9.83. The van der Waals surface area contributed by atoms with E-state index in [4.69, 9.17) is 0 Å². The second-order valence-electron chi connectivity index (χ2n) is 7.38. The molecule has 140 valence electrons. The van der Waals surface area contributed by atoms with E-state index in [9.17, 15) is 9.59 Å². The Morgan fingerprint density at radius 3 is 2.35 bits per heavy atom. The van der Waals surface area contributed by atoms with Crippen molar-refractivity contribution in [1.82, 2.24) is 14.7 Å². The molecule has 0 spiro atoms. The van der Waals surface area contributed by atoms with Crippen LogP contribution in [0.2, 0.25) is 0 Å². The molecule has 0 aliphatic carbocycles. The van der Waals surface area contributed by atoms with Crippen LogP contribution in [0.15, 0.2) is 43.0 Å². The first kappa shape index (κ1) is 18.6. The van der Waals surface area contributed by atoms with Crippen LogP contribution in [0.4, 0.5) is 0 Å². The average molecular weight is 355 g/mol. The summed E-state index contributed by atoms with van der Waals surface area (Å²) in [6.07, 6.45) is 2.81. The fourth-order valence-electron chi connectivity index (χ4n) is 4.17. The number of likely N-dealkylation sites (tertiary alicyclic amines) is 1. The zero-order valence-corrected chi connectivity index (χ0v) is 15.6. The maximum atomic E-state index is 13.1. The third-order valence-corrected chi connectivity index (χ3v) is 5.57. The molecule has 2 aliphatic rings. The van der Waals surface area contributed by atoms with Crippen LogP contribution in [0.5, 0.6) is 0 Å². The Morgan fingerprint density at radius 1 is 1.08 bits per heavy atom. The number of carbonyl (C=O) groups excluding carboxylic acids is 2. The van der Waals surface area contributed by atoms with E-state index in [0.717, 1.165) is 26.1 Å². The van der Waals surface area contributed by atoms with Crippen molar-refractivity contribution in [3.05, 3.63) is 48.6 Å². The fraction of sp³-hybridized carbons (Fsp3) is 0.524. The summed E-state index contributed by atoms with van der Waals surface area (Å²) in [4.78, 5) is 30.7. The van der Waals surface area contributed by atoms with E-state index >= 15 is 0 Å². The molecule has 0 saturated carbocycles. The third-order valence-electron chi connectivity index (χ3n) is 5.57. The Morgan fingerprint density at radius 2 is 1.73 bits per heavy atom. The Bertz CT molecular complexity index is 638. The van der Waals surface area contributed by atoms with Crippen LogP contribution >= 0.6 is 0 Å². The van der Waals surface area contributed by atoms with Crippen LogP contribution in [0, 0.1) is 5.92 Å². The summed E-state index contributed by atoms with van der Waals surface area (Å²) in [6.45, 7) is 10.6.